The first-order valence-electron chi connectivity index (χ1n) is 6.38. The van der Waals surface area contributed by atoms with Crippen LogP contribution in [0.15, 0.2) is 5.38 Å². The number of hydrogen-bond donors (Lipinski definition) is 2. The summed E-state index contributed by atoms with van der Waals surface area (Å²) in [6, 6.07) is 0.0297. The summed E-state index contributed by atoms with van der Waals surface area (Å²) in [5.74, 6) is -0.140. The molecule has 0 aliphatic carbocycles. The Kier molecular flexibility index (Phi) is 8.27. The van der Waals surface area contributed by atoms with Gasteiger partial charge in [-0.05, 0) is 33.7 Å². The van der Waals surface area contributed by atoms with Crippen molar-refractivity contribution in [2.24, 2.45) is 5.73 Å². The van der Waals surface area contributed by atoms with E-state index in [-0.39, 0.29) is 30.0 Å². The Balaban J connectivity index is 0.00000361. The maximum atomic E-state index is 12.0. The first-order valence-corrected chi connectivity index (χ1v) is 7.26. The molecule has 5 nitrogen and oxygen atoms in total. The third-order valence-corrected chi connectivity index (χ3v) is 3.78. The number of carbonyl (C=O) groups excluding carboxylic acids is 1. The van der Waals surface area contributed by atoms with Crippen molar-refractivity contribution in [1.82, 2.24) is 10.3 Å². The lowest BCUT2D eigenvalue weighted by Crippen LogP contribution is -2.39. The second kappa shape index (κ2) is 8.56. The van der Waals surface area contributed by atoms with Crippen molar-refractivity contribution in [2.45, 2.75) is 45.3 Å². The number of ether oxygens (including phenoxy) is 1. The predicted octanol–water partition coefficient (Wildman–Crippen LogP) is 2.00. The normalized spacial score (nSPS) is 12.7. The van der Waals surface area contributed by atoms with Crippen LogP contribution in [-0.4, -0.2) is 36.2 Å². The summed E-state index contributed by atoms with van der Waals surface area (Å²) < 4.78 is 5.35. The van der Waals surface area contributed by atoms with Crippen molar-refractivity contribution in [3.63, 3.8) is 0 Å². The van der Waals surface area contributed by atoms with Crippen LogP contribution in [0, 0.1) is 0 Å². The molecule has 1 rings (SSSR count). The molecule has 3 N–H and O–H groups in total. The van der Waals surface area contributed by atoms with E-state index in [1.54, 1.807) is 12.5 Å². The molecule has 7 heteroatoms. The highest BCUT2D eigenvalue weighted by Crippen LogP contribution is 2.16. The number of halogens is 1. The van der Waals surface area contributed by atoms with E-state index in [2.05, 4.69) is 10.3 Å². The van der Waals surface area contributed by atoms with Gasteiger partial charge in [-0.2, -0.15) is 0 Å². The van der Waals surface area contributed by atoms with E-state index in [0.29, 0.717) is 18.7 Å². The Bertz CT molecular complexity index is 424. The Labute approximate surface area is 130 Å². The van der Waals surface area contributed by atoms with Crippen molar-refractivity contribution in [1.29, 1.82) is 0 Å². The second-order valence-corrected chi connectivity index (χ2v) is 6.15. The SMILES string of the molecule is COC(C)(C)CC(C)NC(=O)c1csc(CCN)n1.Cl. The van der Waals surface area contributed by atoms with Crippen LogP contribution in [0.2, 0.25) is 0 Å². The number of aromatic nitrogens is 1. The van der Waals surface area contributed by atoms with Gasteiger partial charge in [0, 0.05) is 25.0 Å². The van der Waals surface area contributed by atoms with E-state index >= 15 is 0 Å². The monoisotopic (exact) mass is 321 g/mol. The smallest absolute Gasteiger partial charge is 0.270 e. The quantitative estimate of drug-likeness (QED) is 0.805. The van der Waals surface area contributed by atoms with Crippen molar-refractivity contribution in [2.75, 3.05) is 13.7 Å². The number of thiazole rings is 1. The summed E-state index contributed by atoms with van der Waals surface area (Å²) >= 11 is 1.47. The van der Waals surface area contributed by atoms with E-state index in [1.165, 1.54) is 11.3 Å². The molecule has 1 heterocycles. The lowest BCUT2D eigenvalue weighted by atomic mass is 10.00. The van der Waals surface area contributed by atoms with Crippen LogP contribution in [0.5, 0.6) is 0 Å². The zero-order chi connectivity index (χ0) is 14.5. The highest BCUT2D eigenvalue weighted by atomic mass is 35.5. The van der Waals surface area contributed by atoms with E-state index < -0.39 is 0 Å². The summed E-state index contributed by atoms with van der Waals surface area (Å²) in [5, 5.41) is 5.61. The van der Waals surface area contributed by atoms with Gasteiger partial charge in [0.1, 0.15) is 5.69 Å². The zero-order valence-corrected chi connectivity index (χ0v) is 14.1. The molecule has 1 atom stereocenters. The van der Waals surface area contributed by atoms with E-state index in [0.717, 1.165) is 11.4 Å². The Morgan fingerprint density at radius 3 is 2.80 bits per heavy atom. The minimum Gasteiger partial charge on any atom is -0.379 e. The van der Waals surface area contributed by atoms with Crippen LogP contribution in [-0.2, 0) is 11.2 Å². The van der Waals surface area contributed by atoms with Gasteiger partial charge in [0.2, 0.25) is 0 Å². The molecule has 0 fully saturated rings. The average Bonchev–Trinajstić information content (AvgIpc) is 2.77. The van der Waals surface area contributed by atoms with Gasteiger partial charge in [-0.25, -0.2) is 4.98 Å². The third kappa shape index (κ3) is 6.17. The van der Waals surface area contributed by atoms with Crippen molar-refractivity contribution >= 4 is 29.7 Å². The summed E-state index contributed by atoms with van der Waals surface area (Å²) in [5.41, 5.74) is 5.68. The van der Waals surface area contributed by atoms with Gasteiger partial charge < -0.3 is 15.8 Å². The number of rotatable bonds is 7. The fourth-order valence-corrected chi connectivity index (χ4v) is 2.62. The summed E-state index contributed by atoms with van der Waals surface area (Å²) in [6.07, 6.45) is 1.46. The molecule has 0 aliphatic heterocycles. The first kappa shape index (κ1) is 19.3. The van der Waals surface area contributed by atoms with E-state index in [9.17, 15) is 4.79 Å². The van der Waals surface area contributed by atoms with Crippen LogP contribution in [0.25, 0.3) is 0 Å². The number of hydrogen-bond acceptors (Lipinski definition) is 5. The molecule has 116 valence electrons. The topological polar surface area (TPSA) is 77.2 Å². The largest absolute Gasteiger partial charge is 0.379 e. The molecule has 0 aromatic carbocycles. The number of nitrogens with one attached hydrogen (secondary N) is 1. The van der Waals surface area contributed by atoms with Gasteiger partial charge in [-0.1, -0.05) is 0 Å². The molecule has 0 bridgehead atoms. The summed E-state index contributed by atoms with van der Waals surface area (Å²) in [6.45, 7) is 6.51. The summed E-state index contributed by atoms with van der Waals surface area (Å²) in [7, 11) is 1.67. The van der Waals surface area contributed by atoms with Crippen LogP contribution in [0.3, 0.4) is 0 Å². The highest BCUT2D eigenvalue weighted by Gasteiger charge is 2.22. The third-order valence-electron chi connectivity index (χ3n) is 2.87. The molecular formula is C13H24ClN3O2S. The maximum Gasteiger partial charge on any atom is 0.270 e. The molecule has 0 radical (unpaired) electrons. The van der Waals surface area contributed by atoms with Gasteiger partial charge >= 0.3 is 0 Å². The molecule has 0 spiro atoms. The van der Waals surface area contributed by atoms with Crippen molar-refractivity contribution < 1.29 is 9.53 Å². The minimum absolute atomic E-state index is 0. The molecule has 1 aromatic rings. The van der Waals surface area contributed by atoms with Crippen LogP contribution in [0.4, 0.5) is 0 Å². The van der Waals surface area contributed by atoms with E-state index in [1.807, 2.05) is 20.8 Å². The number of amides is 1. The van der Waals surface area contributed by atoms with E-state index in [4.69, 9.17) is 10.5 Å². The standard InChI is InChI=1S/C13H23N3O2S.ClH/c1-9(7-13(2,3)18-4)15-12(17)10-8-19-11(16-10)5-6-14;/h8-9H,5-7,14H2,1-4H3,(H,15,17);1H. The maximum absolute atomic E-state index is 12.0. The number of carbonyl (C=O) groups is 1. The van der Waals surface area contributed by atoms with Gasteiger partial charge in [0.15, 0.2) is 0 Å². The summed E-state index contributed by atoms with van der Waals surface area (Å²) in [4.78, 5) is 16.3. The average molecular weight is 322 g/mol. The van der Waals surface area contributed by atoms with Gasteiger partial charge in [-0.15, -0.1) is 23.7 Å². The molecule has 1 amide bonds. The fraction of sp³-hybridized carbons (Fsp3) is 0.692. The van der Waals surface area contributed by atoms with Crippen molar-refractivity contribution in [3.8, 4) is 0 Å². The van der Waals surface area contributed by atoms with Crippen LogP contribution >= 0.6 is 23.7 Å². The Morgan fingerprint density at radius 2 is 2.25 bits per heavy atom. The lowest BCUT2D eigenvalue weighted by Gasteiger charge is -2.26. The van der Waals surface area contributed by atoms with Crippen molar-refractivity contribution in [3.05, 3.63) is 16.1 Å². The second-order valence-electron chi connectivity index (χ2n) is 5.21. The first-order chi connectivity index (χ1) is 8.88. The van der Waals surface area contributed by atoms with Gasteiger partial charge in [-0.3, -0.25) is 4.79 Å². The predicted molar refractivity (Wildman–Crippen MR) is 84.8 cm³/mol. The minimum atomic E-state index is -0.251. The van der Waals surface area contributed by atoms with Crippen LogP contribution in [0.1, 0.15) is 42.7 Å². The number of nitrogens with zero attached hydrogens (tertiary/aromatic N) is 1. The van der Waals surface area contributed by atoms with Gasteiger partial charge in [0.05, 0.1) is 10.6 Å². The highest BCUT2D eigenvalue weighted by molar-refractivity contribution is 7.09. The molecule has 0 saturated carbocycles. The fourth-order valence-electron chi connectivity index (χ4n) is 1.82. The molecule has 0 aliphatic rings. The number of methoxy groups -OCH3 is 1. The Hall–Kier alpha value is -0.690. The van der Waals surface area contributed by atoms with Gasteiger partial charge in [0.25, 0.3) is 5.91 Å². The number of nitrogens with two attached hydrogens (primary N) is 1. The Morgan fingerprint density at radius 1 is 1.60 bits per heavy atom. The molecule has 20 heavy (non-hydrogen) atoms. The lowest BCUT2D eigenvalue weighted by molar-refractivity contribution is 0.00883. The van der Waals surface area contributed by atoms with Crippen LogP contribution < -0.4 is 11.1 Å². The molecule has 0 saturated heterocycles. The molecule has 1 unspecified atom stereocenters. The zero-order valence-electron chi connectivity index (χ0n) is 12.4. The molecular weight excluding hydrogens is 298 g/mol. The molecule has 1 aromatic heterocycles.